The van der Waals surface area contributed by atoms with Crippen LogP contribution in [0.15, 0.2) is 64.4 Å². The number of urea groups is 1. The topological polar surface area (TPSA) is 99.2 Å². The second kappa shape index (κ2) is 9.09. The summed E-state index contributed by atoms with van der Waals surface area (Å²) in [4.78, 5) is 28.3. The van der Waals surface area contributed by atoms with Gasteiger partial charge in [-0.05, 0) is 60.0 Å². The number of carbonyl (C=O) groups is 1. The van der Waals surface area contributed by atoms with Gasteiger partial charge in [-0.1, -0.05) is 18.2 Å². The predicted octanol–water partition coefficient (Wildman–Crippen LogP) is 4.36. The van der Waals surface area contributed by atoms with Crippen molar-refractivity contribution in [3.05, 3.63) is 93.4 Å². The molecule has 0 aliphatic carbocycles. The Kier molecular flexibility index (Phi) is 5.82. The lowest BCUT2D eigenvalue weighted by Gasteiger charge is -2.10. The number of rotatable bonds is 4. The molecule has 3 aromatic carbocycles. The standard InChI is InChI=1S/C26H21F2N5O2/c1-2-29-26(35)31-24-12-16-5-4-15(11-22(16)30-24)19-9-14(3-8-21(19)28)10-23-18-7-6-17(27)13-20(18)25(34)33-32-23/h3-9,11,13H,2,10,12H2,1H3,(H,33,34)(H2,29,30,31,35). The summed E-state index contributed by atoms with van der Waals surface area (Å²) in [5, 5.41) is 12.7. The fraction of sp³-hybridized carbons (Fsp3) is 0.154. The summed E-state index contributed by atoms with van der Waals surface area (Å²) in [7, 11) is 0. The summed E-state index contributed by atoms with van der Waals surface area (Å²) in [6, 6.07) is 13.9. The first-order chi connectivity index (χ1) is 16.9. The molecule has 0 atom stereocenters. The van der Waals surface area contributed by atoms with Crippen molar-refractivity contribution >= 4 is 28.3 Å². The highest BCUT2D eigenvalue weighted by molar-refractivity contribution is 6.02. The number of amidine groups is 1. The maximum absolute atomic E-state index is 14.8. The number of nitrogens with one attached hydrogen (secondary N) is 3. The molecule has 4 aromatic rings. The Labute approximate surface area is 198 Å². The van der Waals surface area contributed by atoms with E-state index in [0.29, 0.717) is 53.1 Å². The monoisotopic (exact) mass is 473 g/mol. The molecule has 0 spiro atoms. The van der Waals surface area contributed by atoms with Gasteiger partial charge in [0.25, 0.3) is 5.56 Å². The third-order valence-electron chi connectivity index (χ3n) is 5.84. The van der Waals surface area contributed by atoms with Crippen LogP contribution in [0.4, 0.5) is 19.3 Å². The lowest BCUT2D eigenvalue weighted by atomic mass is 9.97. The van der Waals surface area contributed by atoms with E-state index in [-0.39, 0.29) is 11.4 Å². The molecular weight excluding hydrogens is 452 g/mol. The first-order valence-corrected chi connectivity index (χ1v) is 11.1. The van der Waals surface area contributed by atoms with Crippen molar-refractivity contribution in [2.75, 3.05) is 6.54 Å². The van der Waals surface area contributed by atoms with Crippen molar-refractivity contribution in [3.8, 4) is 11.1 Å². The number of fused-ring (bicyclic) bond motifs is 2. The molecule has 2 amide bonds. The van der Waals surface area contributed by atoms with E-state index in [1.807, 2.05) is 19.1 Å². The zero-order valence-corrected chi connectivity index (χ0v) is 18.8. The molecule has 1 aliphatic rings. The van der Waals surface area contributed by atoms with Crippen LogP contribution >= 0.6 is 0 Å². The third kappa shape index (κ3) is 4.52. The Hall–Kier alpha value is -4.40. The molecule has 0 radical (unpaired) electrons. The number of amides is 2. The van der Waals surface area contributed by atoms with Gasteiger partial charge in [-0.3, -0.25) is 10.1 Å². The molecule has 0 saturated carbocycles. The van der Waals surface area contributed by atoms with E-state index in [4.69, 9.17) is 0 Å². The predicted molar refractivity (Wildman–Crippen MR) is 130 cm³/mol. The molecule has 0 fully saturated rings. The average molecular weight is 473 g/mol. The maximum Gasteiger partial charge on any atom is 0.320 e. The number of aromatic nitrogens is 2. The molecule has 35 heavy (non-hydrogen) atoms. The van der Waals surface area contributed by atoms with Gasteiger partial charge in [0.1, 0.15) is 17.5 Å². The van der Waals surface area contributed by atoms with Gasteiger partial charge in [-0.2, -0.15) is 5.10 Å². The van der Waals surface area contributed by atoms with E-state index in [0.717, 1.165) is 11.1 Å². The molecule has 1 aliphatic heterocycles. The Morgan fingerprint density at radius 1 is 1.06 bits per heavy atom. The maximum atomic E-state index is 14.8. The van der Waals surface area contributed by atoms with Gasteiger partial charge >= 0.3 is 6.03 Å². The molecule has 2 heterocycles. The molecule has 5 rings (SSSR count). The quantitative estimate of drug-likeness (QED) is 0.411. The van der Waals surface area contributed by atoms with Gasteiger partial charge in [0.15, 0.2) is 0 Å². The summed E-state index contributed by atoms with van der Waals surface area (Å²) in [6.07, 6.45) is 0.802. The van der Waals surface area contributed by atoms with Gasteiger partial charge in [-0.25, -0.2) is 23.7 Å². The SMILES string of the molecule is CCNC(=O)NC1=Nc2cc(-c3cc(Cc4n[nH]c(=O)c5cc(F)ccc45)ccc3F)ccc2C1. The van der Waals surface area contributed by atoms with Crippen molar-refractivity contribution in [1.29, 1.82) is 0 Å². The number of hydrogen-bond donors (Lipinski definition) is 3. The number of aliphatic imine (C=N–C) groups is 1. The molecule has 7 nitrogen and oxygen atoms in total. The smallest absolute Gasteiger partial charge is 0.320 e. The number of halogens is 2. The minimum Gasteiger partial charge on any atom is -0.338 e. The summed E-state index contributed by atoms with van der Waals surface area (Å²) in [5.74, 6) is -0.365. The fourth-order valence-electron chi connectivity index (χ4n) is 4.18. The summed E-state index contributed by atoms with van der Waals surface area (Å²) < 4.78 is 28.5. The normalized spacial score (nSPS) is 12.4. The fourth-order valence-corrected chi connectivity index (χ4v) is 4.18. The van der Waals surface area contributed by atoms with E-state index in [9.17, 15) is 18.4 Å². The second-order valence-electron chi connectivity index (χ2n) is 8.24. The number of hydrogen-bond acceptors (Lipinski definition) is 4. The first kappa shape index (κ1) is 22.4. The summed E-state index contributed by atoms with van der Waals surface area (Å²) in [5.41, 5.74) is 3.51. The minimum atomic E-state index is -0.507. The van der Waals surface area contributed by atoms with Gasteiger partial charge in [0.2, 0.25) is 0 Å². The lowest BCUT2D eigenvalue weighted by molar-refractivity contribution is 0.245. The second-order valence-corrected chi connectivity index (χ2v) is 8.24. The number of nitrogens with zero attached hydrogens (tertiary/aromatic N) is 2. The highest BCUT2D eigenvalue weighted by Crippen LogP contribution is 2.33. The van der Waals surface area contributed by atoms with E-state index in [1.54, 1.807) is 18.2 Å². The molecule has 1 aromatic heterocycles. The lowest BCUT2D eigenvalue weighted by Crippen LogP contribution is -2.39. The minimum absolute atomic E-state index is 0.214. The van der Waals surface area contributed by atoms with Gasteiger partial charge < -0.3 is 5.32 Å². The molecule has 0 unspecified atom stereocenters. The Balaban J connectivity index is 1.45. The third-order valence-corrected chi connectivity index (χ3v) is 5.84. The van der Waals surface area contributed by atoms with Crippen LogP contribution in [0.3, 0.4) is 0 Å². The molecule has 176 valence electrons. The van der Waals surface area contributed by atoms with E-state index in [1.165, 1.54) is 24.3 Å². The van der Waals surface area contributed by atoms with Crippen molar-refractivity contribution in [2.45, 2.75) is 19.8 Å². The number of aromatic amines is 1. The van der Waals surface area contributed by atoms with Crippen molar-refractivity contribution in [2.24, 2.45) is 4.99 Å². The van der Waals surface area contributed by atoms with Crippen LogP contribution in [0, 0.1) is 11.6 Å². The molecule has 0 saturated heterocycles. The summed E-state index contributed by atoms with van der Waals surface area (Å²) >= 11 is 0. The highest BCUT2D eigenvalue weighted by atomic mass is 19.1. The van der Waals surface area contributed by atoms with Crippen LogP contribution in [0.25, 0.3) is 21.9 Å². The van der Waals surface area contributed by atoms with Gasteiger partial charge in [0.05, 0.1) is 16.8 Å². The Morgan fingerprint density at radius 2 is 1.91 bits per heavy atom. The first-order valence-electron chi connectivity index (χ1n) is 11.1. The Morgan fingerprint density at radius 3 is 2.74 bits per heavy atom. The van der Waals surface area contributed by atoms with Crippen molar-refractivity contribution in [1.82, 2.24) is 20.8 Å². The van der Waals surface area contributed by atoms with E-state index >= 15 is 0 Å². The average Bonchev–Trinajstić information content (AvgIpc) is 3.23. The van der Waals surface area contributed by atoms with Gasteiger partial charge in [0, 0.05) is 30.3 Å². The van der Waals surface area contributed by atoms with E-state index in [2.05, 4.69) is 25.8 Å². The van der Waals surface area contributed by atoms with Crippen molar-refractivity contribution in [3.63, 3.8) is 0 Å². The number of benzene rings is 3. The Bertz CT molecular complexity index is 1560. The van der Waals surface area contributed by atoms with Gasteiger partial charge in [-0.15, -0.1) is 0 Å². The highest BCUT2D eigenvalue weighted by Gasteiger charge is 2.18. The van der Waals surface area contributed by atoms with Crippen LogP contribution in [0.1, 0.15) is 23.7 Å². The zero-order valence-electron chi connectivity index (χ0n) is 18.8. The molecule has 0 bridgehead atoms. The van der Waals surface area contributed by atoms with Crippen LogP contribution in [0.2, 0.25) is 0 Å². The van der Waals surface area contributed by atoms with Crippen LogP contribution in [-0.4, -0.2) is 28.6 Å². The number of H-pyrrole nitrogens is 1. The largest absolute Gasteiger partial charge is 0.338 e. The molecule has 3 N–H and O–H groups in total. The molecule has 9 heteroatoms. The number of carbonyl (C=O) groups excluding carboxylic acids is 1. The van der Waals surface area contributed by atoms with E-state index < -0.39 is 17.2 Å². The van der Waals surface area contributed by atoms with Crippen LogP contribution < -0.4 is 16.2 Å². The van der Waals surface area contributed by atoms with Crippen LogP contribution in [-0.2, 0) is 12.8 Å². The molecular formula is C26H21F2N5O2. The zero-order chi connectivity index (χ0) is 24.5. The van der Waals surface area contributed by atoms with Crippen LogP contribution in [0.5, 0.6) is 0 Å². The van der Waals surface area contributed by atoms with Crippen molar-refractivity contribution < 1.29 is 13.6 Å². The summed E-state index contributed by atoms with van der Waals surface area (Å²) in [6.45, 7) is 2.34.